The Bertz CT molecular complexity index is 683. The minimum absolute atomic E-state index is 0.432. The average molecular weight is 270 g/mol. The van der Waals surface area contributed by atoms with Crippen LogP contribution in [0.1, 0.15) is 17.3 Å². The summed E-state index contributed by atoms with van der Waals surface area (Å²) in [5.41, 5.74) is 1.78. The van der Waals surface area contributed by atoms with Gasteiger partial charge in [0.25, 0.3) is 0 Å². The summed E-state index contributed by atoms with van der Waals surface area (Å²) >= 11 is 0. The van der Waals surface area contributed by atoms with E-state index in [0.717, 1.165) is 17.1 Å². The molecule has 3 rings (SSSR count). The lowest BCUT2D eigenvalue weighted by molar-refractivity contribution is 0.477. The van der Waals surface area contributed by atoms with Gasteiger partial charge in [-0.05, 0) is 36.4 Å². The van der Waals surface area contributed by atoms with E-state index >= 15 is 0 Å². The number of hydrogen-bond donors (Lipinski definition) is 1. The van der Waals surface area contributed by atoms with E-state index in [1.165, 1.54) is 0 Å². The Morgan fingerprint density at radius 1 is 1.20 bits per heavy atom. The lowest BCUT2D eigenvalue weighted by Gasteiger charge is -2.04. The number of nitrogens with one attached hydrogen (secondary N) is 1. The maximum absolute atomic E-state index is 5.51. The van der Waals surface area contributed by atoms with Crippen molar-refractivity contribution in [1.82, 2.24) is 25.2 Å². The lowest BCUT2D eigenvalue weighted by atomic mass is 10.3. The largest absolute Gasteiger partial charge is 0.444 e. The standard InChI is InChI=1S/C13H14N6O/c1-9-10(2)20-12(15-9)8-14-13-16-17-18-19(13)11-6-4-3-5-7-11/h3-7H,8H2,1-2H3,(H,14,16,18). The van der Waals surface area contributed by atoms with Crippen LogP contribution in [0.25, 0.3) is 5.69 Å². The fourth-order valence-corrected chi connectivity index (χ4v) is 1.81. The molecule has 0 bridgehead atoms. The van der Waals surface area contributed by atoms with Crippen molar-refractivity contribution >= 4 is 5.95 Å². The fraction of sp³-hybridized carbons (Fsp3) is 0.231. The van der Waals surface area contributed by atoms with Gasteiger partial charge in [0.05, 0.1) is 17.9 Å². The highest BCUT2D eigenvalue weighted by Gasteiger charge is 2.10. The maximum atomic E-state index is 5.51. The van der Waals surface area contributed by atoms with Crippen LogP contribution in [0, 0.1) is 13.8 Å². The molecule has 0 aliphatic carbocycles. The molecule has 0 spiro atoms. The molecule has 0 radical (unpaired) electrons. The van der Waals surface area contributed by atoms with Gasteiger partial charge >= 0.3 is 0 Å². The molecule has 0 saturated heterocycles. The molecule has 1 N–H and O–H groups in total. The zero-order valence-corrected chi connectivity index (χ0v) is 11.2. The van der Waals surface area contributed by atoms with Crippen molar-refractivity contribution in [1.29, 1.82) is 0 Å². The van der Waals surface area contributed by atoms with E-state index in [0.29, 0.717) is 18.4 Å². The minimum atomic E-state index is 0.432. The molecule has 7 heteroatoms. The Hall–Kier alpha value is -2.70. The molecule has 7 nitrogen and oxygen atoms in total. The number of aryl methyl sites for hydroxylation is 2. The van der Waals surface area contributed by atoms with Crippen LogP contribution in [0.5, 0.6) is 0 Å². The van der Waals surface area contributed by atoms with Gasteiger partial charge in [-0.15, -0.1) is 0 Å². The number of nitrogens with zero attached hydrogens (tertiary/aromatic N) is 5. The number of hydrogen-bond acceptors (Lipinski definition) is 6. The van der Waals surface area contributed by atoms with Gasteiger partial charge in [0.2, 0.25) is 11.8 Å². The summed E-state index contributed by atoms with van der Waals surface area (Å²) in [6.07, 6.45) is 0. The van der Waals surface area contributed by atoms with Crippen LogP contribution in [0.3, 0.4) is 0 Å². The lowest BCUT2D eigenvalue weighted by Crippen LogP contribution is -2.07. The predicted molar refractivity (Wildman–Crippen MR) is 72.5 cm³/mol. The van der Waals surface area contributed by atoms with E-state index in [1.54, 1.807) is 4.68 Å². The van der Waals surface area contributed by atoms with Gasteiger partial charge in [-0.1, -0.05) is 23.3 Å². The number of para-hydroxylation sites is 1. The van der Waals surface area contributed by atoms with Crippen molar-refractivity contribution in [2.45, 2.75) is 20.4 Å². The average Bonchev–Trinajstić information content (AvgIpc) is 3.05. The summed E-state index contributed by atoms with van der Waals surface area (Å²) in [7, 11) is 0. The zero-order valence-electron chi connectivity index (χ0n) is 11.2. The Morgan fingerprint density at radius 2 is 2.00 bits per heavy atom. The number of benzene rings is 1. The molecule has 0 unspecified atom stereocenters. The zero-order chi connectivity index (χ0) is 13.9. The topological polar surface area (TPSA) is 81.7 Å². The number of anilines is 1. The monoisotopic (exact) mass is 270 g/mol. The van der Waals surface area contributed by atoms with Crippen molar-refractivity contribution in [3.8, 4) is 5.69 Å². The first kappa shape index (κ1) is 12.3. The molecule has 20 heavy (non-hydrogen) atoms. The van der Waals surface area contributed by atoms with Crippen molar-refractivity contribution in [2.75, 3.05) is 5.32 Å². The van der Waals surface area contributed by atoms with Gasteiger partial charge in [0.1, 0.15) is 5.76 Å². The molecule has 102 valence electrons. The van der Waals surface area contributed by atoms with Crippen molar-refractivity contribution in [3.63, 3.8) is 0 Å². The molecule has 0 fully saturated rings. The number of oxazole rings is 1. The summed E-state index contributed by atoms with van der Waals surface area (Å²) in [5, 5.41) is 14.7. The Labute approximate surface area is 115 Å². The van der Waals surface area contributed by atoms with E-state index < -0.39 is 0 Å². The number of aromatic nitrogens is 5. The van der Waals surface area contributed by atoms with Crippen LogP contribution in [0.2, 0.25) is 0 Å². The van der Waals surface area contributed by atoms with E-state index in [-0.39, 0.29) is 0 Å². The second-order valence-corrected chi connectivity index (χ2v) is 4.35. The second-order valence-electron chi connectivity index (χ2n) is 4.35. The molecular formula is C13H14N6O. The van der Waals surface area contributed by atoms with E-state index in [4.69, 9.17) is 4.42 Å². The van der Waals surface area contributed by atoms with Gasteiger partial charge in [0, 0.05) is 0 Å². The Kier molecular flexibility index (Phi) is 3.16. The number of rotatable bonds is 4. The van der Waals surface area contributed by atoms with Gasteiger partial charge in [-0.25, -0.2) is 4.98 Å². The first-order chi connectivity index (χ1) is 9.74. The minimum Gasteiger partial charge on any atom is -0.444 e. The highest BCUT2D eigenvalue weighted by molar-refractivity contribution is 5.38. The third kappa shape index (κ3) is 2.37. The molecular weight excluding hydrogens is 256 g/mol. The summed E-state index contributed by atoms with van der Waals surface area (Å²) in [6, 6.07) is 9.67. The van der Waals surface area contributed by atoms with Crippen molar-refractivity contribution < 1.29 is 4.42 Å². The number of tetrazole rings is 1. The van der Waals surface area contributed by atoms with Crippen LogP contribution in [-0.2, 0) is 6.54 Å². The van der Waals surface area contributed by atoms with Gasteiger partial charge < -0.3 is 9.73 Å². The summed E-state index contributed by atoms with van der Waals surface area (Å²) in [6.45, 7) is 4.23. The maximum Gasteiger partial charge on any atom is 0.248 e. The first-order valence-electron chi connectivity index (χ1n) is 6.24. The molecule has 2 aromatic heterocycles. The molecule has 0 aliphatic heterocycles. The molecule has 0 aliphatic rings. The highest BCUT2D eigenvalue weighted by Crippen LogP contribution is 2.13. The second kappa shape index (κ2) is 5.12. The molecule has 0 atom stereocenters. The van der Waals surface area contributed by atoms with E-state index in [1.807, 2.05) is 44.2 Å². The molecule has 3 aromatic rings. The van der Waals surface area contributed by atoms with E-state index in [9.17, 15) is 0 Å². The summed E-state index contributed by atoms with van der Waals surface area (Å²) in [4.78, 5) is 4.31. The van der Waals surface area contributed by atoms with Crippen LogP contribution in [-0.4, -0.2) is 25.2 Å². The molecule has 2 heterocycles. The SMILES string of the molecule is Cc1nc(CNc2nnnn2-c2ccccc2)oc1C. The summed E-state index contributed by atoms with van der Waals surface area (Å²) < 4.78 is 7.13. The van der Waals surface area contributed by atoms with Gasteiger partial charge in [-0.2, -0.15) is 4.68 Å². The Balaban J connectivity index is 1.77. The fourth-order valence-electron chi connectivity index (χ4n) is 1.81. The van der Waals surface area contributed by atoms with Crippen molar-refractivity contribution in [3.05, 3.63) is 47.7 Å². The molecule has 1 aromatic carbocycles. The highest BCUT2D eigenvalue weighted by atomic mass is 16.4. The van der Waals surface area contributed by atoms with Gasteiger partial charge in [-0.3, -0.25) is 0 Å². The van der Waals surface area contributed by atoms with E-state index in [2.05, 4.69) is 25.8 Å². The molecule has 0 amide bonds. The van der Waals surface area contributed by atoms with Crippen LogP contribution < -0.4 is 5.32 Å². The van der Waals surface area contributed by atoms with Crippen LogP contribution in [0.4, 0.5) is 5.95 Å². The third-order valence-corrected chi connectivity index (χ3v) is 2.94. The van der Waals surface area contributed by atoms with Crippen LogP contribution in [0.15, 0.2) is 34.7 Å². The quantitative estimate of drug-likeness (QED) is 0.779. The third-order valence-electron chi connectivity index (χ3n) is 2.94. The normalized spacial score (nSPS) is 10.7. The Morgan fingerprint density at radius 3 is 2.70 bits per heavy atom. The first-order valence-corrected chi connectivity index (χ1v) is 6.24. The smallest absolute Gasteiger partial charge is 0.248 e. The van der Waals surface area contributed by atoms with Crippen LogP contribution >= 0.6 is 0 Å². The predicted octanol–water partition coefficient (Wildman–Crippen LogP) is 1.88. The molecule has 0 saturated carbocycles. The summed E-state index contributed by atoms with van der Waals surface area (Å²) in [5.74, 6) is 1.98. The van der Waals surface area contributed by atoms with Crippen molar-refractivity contribution in [2.24, 2.45) is 0 Å². The van der Waals surface area contributed by atoms with Gasteiger partial charge in [0.15, 0.2) is 0 Å².